The highest BCUT2D eigenvalue weighted by atomic mass is 16.7. The van der Waals surface area contributed by atoms with Crippen molar-refractivity contribution in [3.05, 3.63) is 40.1 Å². The quantitative estimate of drug-likeness (QED) is 0.337. The Labute approximate surface area is 145 Å². The second-order valence-electron chi connectivity index (χ2n) is 6.04. The topological polar surface area (TPSA) is 85.2 Å². The van der Waals surface area contributed by atoms with Gasteiger partial charge in [-0.15, -0.1) is 0 Å². The van der Waals surface area contributed by atoms with Crippen LogP contribution < -0.4 is 9.47 Å². The molecule has 134 valence electrons. The Morgan fingerprint density at radius 2 is 1.92 bits per heavy atom. The summed E-state index contributed by atoms with van der Waals surface area (Å²) in [6.07, 6.45) is 4.24. The predicted molar refractivity (Wildman–Crippen MR) is 91.0 cm³/mol. The molecule has 0 aliphatic carbocycles. The third-order valence-corrected chi connectivity index (χ3v) is 4.34. The number of piperazine rings is 1. The van der Waals surface area contributed by atoms with Crippen LogP contribution in [-0.4, -0.2) is 60.0 Å². The van der Waals surface area contributed by atoms with Gasteiger partial charge in [-0.3, -0.25) is 19.8 Å². The second-order valence-corrected chi connectivity index (χ2v) is 6.04. The number of carbonyl (C=O) groups excluding carboxylic acids is 1. The molecule has 0 saturated carbocycles. The molecule has 8 nitrogen and oxygen atoms in total. The maximum atomic E-state index is 12.5. The number of benzene rings is 1. The zero-order valence-electron chi connectivity index (χ0n) is 14.1. The lowest BCUT2D eigenvalue weighted by Crippen LogP contribution is -2.44. The van der Waals surface area contributed by atoms with Gasteiger partial charge < -0.3 is 14.4 Å². The van der Waals surface area contributed by atoms with E-state index in [4.69, 9.17) is 9.47 Å². The molecular weight excluding hydrogens is 326 g/mol. The lowest BCUT2D eigenvalue weighted by molar-refractivity contribution is -0.385. The minimum absolute atomic E-state index is 0.00199. The number of carbonyl (C=O) groups is 1. The predicted octanol–water partition coefficient (Wildman–Crippen LogP) is 2.05. The molecule has 3 rings (SSSR count). The van der Waals surface area contributed by atoms with Crippen LogP contribution in [0.2, 0.25) is 0 Å². The molecule has 0 radical (unpaired) electrons. The molecule has 0 bridgehead atoms. The molecule has 2 aliphatic heterocycles. The molecule has 0 N–H and O–H groups in total. The fourth-order valence-electron chi connectivity index (χ4n) is 2.99. The largest absolute Gasteiger partial charge is 0.454 e. The fraction of sp³-hybridized carbons (Fsp3) is 0.471. The third kappa shape index (κ3) is 3.90. The van der Waals surface area contributed by atoms with E-state index in [0.717, 1.165) is 39.1 Å². The fourth-order valence-corrected chi connectivity index (χ4v) is 2.99. The summed E-state index contributed by atoms with van der Waals surface area (Å²) in [5.41, 5.74) is -0.262. The highest BCUT2D eigenvalue weighted by Gasteiger charge is 2.26. The number of allylic oxidation sites excluding steroid dienone is 1. The van der Waals surface area contributed by atoms with E-state index in [1.165, 1.54) is 18.2 Å². The molecular formula is C17H21N3O5. The average Bonchev–Trinajstić information content (AvgIpc) is 3.07. The molecule has 1 aromatic rings. The van der Waals surface area contributed by atoms with Gasteiger partial charge in [-0.2, -0.15) is 0 Å². The molecule has 0 amide bonds. The first-order valence-electron chi connectivity index (χ1n) is 8.35. The van der Waals surface area contributed by atoms with E-state index >= 15 is 0 Å². The summed E-state index contributed by atoms with van der Waals surface area (Å²) in [6, 6.07) is 2.62. The Morgan fingerprint density at radius 3 is 2.56 bits per heavy atom. The minimum Gasteiger partial charge on any atom is -0.454 e. The van der Waals surface area contributed by atoms with Crippen LogP contribution in [0.1, 0.15) is 23.7 Å². The van der Waals surface area contributed by atoms with Gasteiger partial charge in [-0.1, -0.05) is 6.92 Å². The normalized spacial score (nSPS) is 17.2. The smallest absolute Gasteiger partial charge is 0.284 e. The van der Waals surface area contributed by atoms with Gasteiger partial charge in [0.15, 0.2) is 17.3 Å². The first-order valence-corrected chi connectivity index (χ1v) is 8.35. The van der Waals surface area contributed by atoms with Crippen LogP contribution in [0.25, 0.3) is 0 Å². The van der Waals surface area contributed by atoms with Crippen molar-refractivity contribution in [1.29, 1.82) is 0 Å². The lowest BCUT2D eigenvalue weighted by atomic mass is 10.1. The molecule has 1 aromatic carbocycles. The van der Waals surface area contributed by atoms with Crippen molar-refractivity contribution < 1.29 is 19.2 Å². The summed E-state index contributed by atoms with van der Waals surface area (Å²) in [5.74, 6) is 0.232. The number of nitrogens with zero attached hydrogens (tertiary/aromatic N) is 3. The van der Waals surface area contributed by atoms with Gasteiger partial charge in [0.05, 0.1) is 11.0 Å². The molecule has 0 atom stereocenters. The summed E-state index contributed by atoms with van der Waals surface area (Å²) in [4.78, 5) is 27.6. The second kappa shape index (κ2) is 7.52. The monoisotopic (exact) mass is 347 g/mol. The minimum atomic E-state index is -0.577. The van der Waals surface area contributed by atoms with Crippen molar-refractivity contribution in [3.63, 3.8) is 0 Å². The summed E-state index contributed by atoms with van der Waals surface area (Å²) in [7, 11) is 0. The zero-order chi connectivity index (χ0) is 17.8. The van der Waals surface area contributed by atoms with E-state index in [1.54, 1.807) is 6.20 Å². The van der Waals surface area contributed by atoms with Crippen LogP contribution in [0.4, 0.5) is 5.69 Å². The van der Waals surface area contributed by atoms with Gasteiger partial charge in [-0.05, 0) is 13.0 Å². The van der Waals surface area contributed by atoms with Crippen LogP contribution in [0.5, 0.6) is 11.5 Å². The third-order valence-electron chi connectivity index (χ3n) is 4.34. The van der Waals surface area contributed by atoms with Crippen LogP contribution >= 0.6 is 0 Å². The molecule has 8 heteroatoms. The average molecular weight is 347 g/mol. The van der Waals surface area contributed by atoms with E-state index in [0.29, 0.717) is 11.5 Å². The van der Waals surface area contributed by atoms with E-state index in [1.807, 2.05) is 0 Å². The number of ether oxygens (including phenoxy) is 2. The van der Waals surface area contributed by atoms with E-state index < -0.39 is 10.7 Å². The summed E-state index contributed by atoms with van der Waals surface area (Å²) in [5, 5.41) is 11.2. The number of ketones is 1. The zero-order valence-corrected chi connectivity index (χ0v) is 14.1. The van der Waals surface area contributed by atoms with Crippen LogP contribution in [-0.2, 0) is 0 Å². The molecule has 0 unspecified atom stereocenters. The van der Waals surface area contributed by atoms with Crippen molar-refractivity contribution in [3.8, 4) is 11.5 Å². The molecule has 1 fully saturated rings. The van der Waals surface area contributed by atoms with E-state index in [-0.39, 0.29) is 18.0 Å². The van der Waals surface area contributed by atoms with Crippen molar-refractivity contribution in [2.45, 2.75) is 13.3 Å². The van der Waals surface area contributed by atoms with Crippen molar-refractivity contribution in [2.75, 3.05) is 39.5 Å². The van der Waals surface area contributed by atoms with Crippen molar-refractivity contribution in [2.24, 2.45) is 0 Å². The molecule has 1 saturated heterocycles. The van der Waals surface area contributed by atoms with Gasteiger partial charge in [-0.25, -0.2) is 0 Å². The standard InChI is InChI=1S/C17H21N3O5/c1-2-4-18-6-8-19(9-7-18)5-3-15(21)13-10-16-17(25-12-24-16)11-14(13)20(22)23/h3,5,10-11H,2,4,6-9,12H2,1H3. The van der Waals surface area contributed by atoms with Gasteiger partial charge in [0.1, 0.15) is 5.56 Å². The van der Waals surface area contributed by atoms with Crippen molar-refractivity contribution >= 4 is 11.5 Å². The first kappa shape index (κ1) is 17.2. The highest BCUT2D eigenvalue weighted by molar-refractivity contribution is 6.08. The maximum Gasteiger partial charge on any atom is 0.284 e. The molecule has 2 aliphatic rings. The number of hydrogen-bond donors (Lipinski definition) is 0. The number of hydrogen-bond acceptors (Lipinski definition) is 7. The van der Waals surface area contributed by atoms with Gasteiger partial charge in [0, 0.05) is 44.5 Å². The summed E-state index contributed by atoms with van der Waals surface area (Å²) >= 11 is 0. The van der Waals surface area contributed by atoms with Gasteiger partial charge >= 0.3 is 0 Å². The van der Waals surface area contributed by atoms with Crippen LogP contribution in [0, 0.1) is 10.1 Å². The maximum absolute atomic E-state index is 12.5. The summed E-state index contributed by atoms with van der Waals surface area (Å²) in [6.45, 7) is 6.83. The first-order chi connectivity index (χ1) is 12.1. The molecule has 0 aromatic heterocycles. The molecule has 25 heavy (non-hydrogen) atoms. The van der Waals surface area contributed by atoms with Crippen molar-refractivity contribution in [1.82, 2.24) is 9.80 Å². The molecule has 2 heterocycles. The lowest BCUT2D eigenvalue weighted by Gasteiger charge is -2.33. The highest BCUT2D eigenvalue weighted by Crippen LogP contribution is 2.38. The Bertz CT molecular complexity index is 696. The Hall–Kier alpha value is -2.61. The SMILES string of the molecule is CCCN1CCN(C=CC(=O)c2cc3c(cc2[N+](=O)[O-])OCO3)CC1. The Kier molecular flexibility index (Phi) is 5.18. The van der Waals surface area contributed by atoms with Gasteiger partial charge in [0.2, 0.25) is 6.79 Å². The number of nitro benzene ring substituents is 1. The number of nitro groups is 1. The van der Waals surface area contributed by atoms with Crippen LogP contribution in [0.3, 0.4) is 0 Å². The summed E-state index contributed by atoms with van der Waals surface area (Å²) < 4.78 is 10.4. The van der Waals surface area contributed by atoms with Gasteiger partial charge in [0.25, 0.3) is 5.69 Å². The number of fused-ring (bicyclic) bond motifs is 1. The van der Waals surface area contributed by atoms with E-state index in [2.05, 4.69) is 16.7 Å². The Balaban J connectivity index is 1.70. The van der Waals surface area contributed by atoms with E-state index in [9.17, 15) is 14.9 Å². The Morgan fingerprint density at radius 1 is 1.24 bits per heavy atom. The van der Waals surface area contributed by atoms with Crippen LogP contribution in [0.15, 0.2) is 24.4 Å². The molecule has 0 spiro atoms. The number of rotatable bonds is 6.